The Morgan fingerprint density at radius 2 is 1.88 bits per heavy atom. The van der Waals surface area contributed by atoms with Crippen LogP contribution in [0.1, 0.15) is 30.4 Å². The first kappa shape index (κ1) is 16.4. The van der Waals surface area contributed by atoms with Crippen LogP contribution in [0.2, 0.25) is 0 Å². The van der Waals surface area contributed by atoms with E-state index in [1.165, 1.54) is 18.2 Å². The molecule has 0 saturated heterocycles. The zero-order valence-corrected chi connectivity index (χ0v) is 13.3. The molecular weight excluding hydrogens is 310 g/mol. The van der Waals surface area contributed by atoms with Crippen LogP contribution >= 0.6 is 0 Å². The third kappa shape index (κ3) is 3.91. The topological polar surface area (TPSA) is 41.1 Å². The van der Waals surface area contributed by atoms with Gasteiger partial charge in [0.05, 0.1) is 0 Å². The zero-order valence-electron chi connectivity index (χ0n) is 13.3. The predicted octanol–water partition coefficient (Wildman–Crippen LogP) is 3.93. The molecule has 0 aromatic heterocycles. The van der Waals surface area contributed by atoms with Crippen molar-refractivity contribution < 1.29 is 13.6 Å². The highest BCUT2D eigenvalue weighted by Crippen LogP contribution is 2.35. The lowest BCUT2D eigenvalue weighted by Crippen LogP contribution is -2.57. The molecule has 3 nitrogen and oxygen atoms in total. The number of amides is 2. The maximum atomic E-state index is 13.6. The van der Waals surface area contributed by atoms with Gasteiger partial charge in [0.1, 0.15) is 11.6 Å². The Morgan fingerprint density at radius 1 is 1.08 bits per heavy atom. The second-order valence-corrected chi connectivity index (χ2v) is 6.34. The van der Waals surface area contributed by atoms with Gasteiger partial charge in [0, 0.05) is 17.6 Å². The monoisotopic (exact) mass is 330 g/mol. The average molecular weight is 330 g/mol. The van der Waals surface area contributed by atoms with Crippen LogP contribution in [-0.4, -0.2) is 11.6 Å². The van der Waals surface area contributed by atoms with Crippen LogP contribution in [0.15, 0.2) is 48.5 Å². The Morgan fingerprint density at radius 3 is 2.54 bits per heavy atom. The summed E-state index contributed by atoms with van der Waals surface area (Å²) < 4.78 is 26.9. The Bertz CT molecular complexity index is 729. The number of benzene rings is 2. The van der Waals surface area contributed by atoms with E-state index in [-0.39, 0.29) is 29.7 Å². The number of nitrogens with one attached hydrogen (secondary N) is 2. The standard InChI is InChI=1S/C19H20F2N2O/c20-16-7-3-5-14(11-16)12-19(9-4-10-19)23-18(24)22-13-15-6-1-2-8-17(15)21/h1-3,5-8,11H,4,9-10,12-13H2,(H2,22,23,24). The van der Waals surface area contributed by atoms with Crippen LogP contribution < -0.4 is 10.6 Å². The molecule has 0 atom stereocenters. The van der Waals surface area contributed by atoms with E-state index < -0.39 is 0 Å². The van der Waals surface area contributed by atoms with Gasteiger partial charge in [0.15, 0.2) is 0 Å². The smallest absolute Gasteiger partial charge is 0.315 e. The van der Waals surface area contributed by atoms with E-state index in [0.29, 0.717) is 12.0 Å². The molecule has 5 heteroatoms. The molecule has 1 aliphatic rings. The van der Waals surface area contributed by atoms with E-state index in [9.17, 15) is 13.6 Å². The summed E-state index contributed by atoms with van der Waals surface area (Å²) in [6, 6.07) is 12.5. The summed E-state index contributed by atoms with van der Waals surface area (Å²) in [5, 5.41) is 5.69. The van der Waals surface area contributed by atoms with Crippen molar-refractivity contribution in [3.63, 3.8) is 0 Å². The minimum atomic E-state index is -0.340. The average Bonchev–Trinajstić information content (AvgIpc) is 2.52. The van der Waals surface area contributed by atoms with Crippen molar-refractivity contribution in [1.82, 2.24) is 10.6 Å². The number of carbonyl (C=O) groups excluding carboxylic acids is 1. The predicted molar refractivity (Wildman–Crippen MR) is 88.5 cm³/mol. The fourth-order valence-electron chi connectivity index (χ4n) is 3.09. The molecule has 3 rings (SSSR count). The highest BCUT2D eigenvalue weighted by molar-refractivity contribution is 5.75. The van der Waals surface area contributed by atoms with Gasteiger partial charge in [0.2, 0.25) is 0 Å². The molecule has 0 radical (unpaired) electrons. The fourth-order valence-corrected chi connectivity index (χ4v) is 3.09. The Labute approximate surface area is 140 Å². The summed E-state index contributed by atoms with van der Waals surface area (Å²) >= 11 is 0. The molecule has 2 aromatic carbocycles. The Balaban J connectivity index is 1.58. The van der Waals surface area contributed by atoms with Gasteiger partial charge in [-0.05, 0) is 49.4 Å². The molecule has 1 fully saturated rings. The highest BCUT2D eigenvalue weighted by Gasteiger charge is 2.38. The van der Waals surface area contributed by atoms with E-state index in [1.54, 1.807) is 24.3 Å². The van der Waals surface area contributed by atoms with Crippen molar-refractivity contribution in [2.45, 2.75) is 37.8 Å². The largest absolute Gasteiger partial charge is 0.334 e. The summed E-state index contributed by atoms with van der Waals surface area (Å²) in [7, 11) is 0. The van der Waals surface area contributed by atoms with Crippen molar-refractivity contribution in [2.75, 3.05) is 0 Å². The Hall–Kier alpha value is -2.43. The van der Waals surface area contributed by atoms with E-state index >= 15 is 0 Å². The summed E-state index contributed by atoms with van der Waals surface area (Å²) in [4.78, 5) is 12.2. The fraction of sp³-hybridized carbons (Fsp3) is 0.316. The Kier molecular flexibility index (Phi) is 4.79. The first-order valence-electron chi connectivity index (χ1n) is 8.10. The van der Waals surface area contributed by atoms with E-state index in [0.717, 1.165) is 24.8 Å². The molecule has 2 N–H and O–H groups in total. The number of halogens is 2. The van der Waals surface area contributed by atoms with Crippen LogP contribution in [0.25, 0.3) is 0 Å². The molecule has 126 valence electrons. The van der Waals surface area contributed by atoms with Gasteiger partial charge in [-0.15, -0.1) is 0 Å². The quantitative estimate of drug-likeness (QED) is 0.857. The maximum Gasteiger partial charge on any atom is 0.315 e. The number of hydrogen-bond donors (Lipinski definition) is 2. The van der Waals surface area contributed by atoms with E-state index in [4.69, 9.17) is 0 Å². The van der Waals surface area contributed by atoms with Gasteiger partial charge in [0.25, 0.3) is 0 Å². The minimum Gasteiger partial charge on any atom is -0.334 e. The molecule has 2 aromatic rings. The van der Waals surface area contributed by atoms with Crippen LogP contribution in [0.3, 0.4) is 0 Å². The second-order valence-electron chi connectivity index (χ2n) is 6.34. The highest BCUT2D eigenvalue weighted by atomic mass is 19.1. The van der Waals surface area contributed by atoms with Crippen LogP contribution in [0.4, 0.5) is 13.6 Å². The lowest BCUT2D eigenvalue weighted by atomic mass is 9.73. The van der Waals surface area contributed by atoms with Crippen molar-refractivity contribution >= 4 is 6.03 Å². The lowest BCUT2D eigenvalue weighted by Gasteiger charge is -2.42. The molecule has 1 aliphatic carbocycles. The van der Waals surface area contributed by atoms with Crippen molar-refractivity contribution in [3.8, 4) is 0 Å². The van der Waals surface area contributed by atoms with Crippen molar-refractivity contribution in [3.05, 3.63) is 71.3 Å². The third-order valence-corrected chi connectivity index (χ3v) is 4.52. The molecule has 1 saturated carbocycles. The van der Waals surface area contributed by atoms with Gasteiger partial charge in [-0.25, -0.2) is 13.6 Å². The minimum absolute atomic E-state index is 0.133. The van der Waals surface area contributed by atoms with Crippen molar-refractivity contribution in [1.29, 1.82) is 0 Å². The molecule has 0 unspecified atom stereocenters. The molecule has 2 amide bonds. The lowest BCUT2D eigenvalue weighted by molar-refractivity contribution is 0.176. The number of hydrogen-bond acceptors (Lipinski definition) is 1. The summed E-state index contributed by atoms with van der Waals surface area (Å²) in [5.74, 6) is -0.609. The molecule has 0 bridgehead atoms. The third-order valence-electron chi connectivity index (χ3n) is 4.52. The summed E-state index contributed by atoms with van der Waals surface area (Å²) in [6.45, 7) is 0.133. The molecular formula is C19H20F2N2O. The van der Waals surface area contributed by atoms with Crippen LogP contribution in [-0.2, 0) is 13.0 Å². The van der Waals surface area contributed by atoms with Gasteiger partial charge in [-0.2, -0.15) is 0 Å². The molecule has 0 heterocycles. The molecule has 0 aliphatic heterocycles. The SMILES string of the molecule is O=C(NCc1ccccc1F)NC1(Cc2cccc(F)c2)CCC1. The molecule has 0 spiro atoms. The first-order chi connectivity index (χ1) is 11.6. The number of urea groups is 1. The maximum absolute atomic E-state index is 13.6. The number of carbonyl (C=O) groups is 1. The first-order valence-corrected chi connectivity index (χ1v) is 8.10. The van der Waals surface area contributed by atoms with E-state index in [2.05, 4.69) is 10.6 Å². The summed E-state index contributed by atoms with van der Waals surface area (Å²) in [6.07, 6.45) is 3.34. The van der Waals surface area contributed by atoms with Gasteiger partial charge in [-0.1, -0.05) is 30.3 Å². The normalized spacial score (nSPS) is 15.4. The number of rotatable bonds is 5. The van der Waals surface area contributed by atoms with Gasteiger partial charge >= 0.3 is 6.03 Å². The van der Waals surface area contributed by atoms with Crippen LogP contribution in [0.5, 0.6) is 0 Å². The summed E-state index contributed by atoms with van der Waals surface area (Å²) in [5.41, 5.74) is 0.970. The van der Waals surface area contributed by atoms with Gasteiger partial charge < -0.3 is 10.6 Å². The van der Waals surface area contributed by atoms with Crippen LogP contribution in [0, 0.1) is 11.6 Å². The van der Waals surface area contributed by atoms with Crippen molar-refractivity contribution in [2.24, 2.45) is 0 Å². The zero-order chi connectivity index (χ0) is 17.0. The van der Waals surface area contributed by atoms with Gasteiger partial charge in [-0.3, -0.25) is 0 Å². The molecule has 24 heavy (non-hydrogen) atoms. The second kappa shape index (κ2) is 6.99. The van der Waals surface area contributed by atoms with E-state index in [1.807, 2.05) is 6.07 Å².